The van der Waals surface area contributed by atoms with E-state index in [0.717, 1.165) is 32.9 Å². The Morgan fingerprint density at radius 2 is 1.80 bits per heavy atom. The molecule has 0 unspecified atom stereocenters. The van der Waals surface area contributed by atoms with Crippen molar-refractivity contribution in [2.75, 3.05) is 13.2 Å². The number of aromatic nitrogens is 2. The SMILES string of the molecule is Cc1nc(CNCc2cc3ccc(Cl)cc3nc2OCCOc2ccccc2)cs1. The van der Waals surface area contributed by atoms with Gasteiger partial charge in [0, 0.05) is 34.4 Å². The van der Waals surface area contributed by atoms with Crippen molar-refractivity contribution in [3.63, 3.8) is 0 Å². The van der Waals surface area contributed by atoms with E-state index < -0.39 is 0 Å². The zero-order valence-corrected chi connectivity index (χ0v) is 18.2. The average molecular weight is 440 g/mol. The lowest BCUT2D eigenvalue weighted by Gasteiger charge is -2.13. The second-order valence-corrected chi connectivity index (χ2v) is 8.26. The van der Waals surface area contributed by atoms with E-state index in [4.69, 9.17) is 26.1 Å². The summed E-state index contributed by atoms with van der Waals surface area (Å²) in [5, 5.41) is 8.24. The van der Waals surface area contributed by atoms with Crippen LogP contribution in [0.1, 0.15) is 16.3 Å². The summed E-state index contributed by atoms with van der Waals surface area (Å²) in [5.41, 5.74) is 2.83. The maximum absolute atomic E-state index is 6.14. The predicted molar refractivity (Wildman–Crippen MR) is 122 cm³/mol. The van der Waals surface area contributed by atoms with Gasteiger partial charge in [0.25, 0.3) is 0 Å². The second-order valence-electron chi connectivity index (χ2n) is 6.76. The summed E-state index contributed by atoms with van der Waals surface area (Å²) in [4.78, 5) is 9.19. The van der Waals surface area contributed by atoms with Crippen LogP contribution >= 0.6 is 22.9 Å². The molecule has 0 aliphatic heterocycles. The molecule has 0 aliphatic carbocycles. The molecule has 0 fully saturated rings. The molecule has 2 heterocycles. The Morgan fingerprint density at radius 1 is 0.967 bits per heavy atom. The quantitative estimate of drug-likeness (QED) is 0.354. The highest BCUT2D eigenvalue weighted by Crippen LogP contribution is 2.25. The maximum atomic E-state index is 6.14. The highest BCUT2D eigenvalue weighted by atomic mass is 35.5. The summed E-state index contributed by atoms with van der Waals surface area (Å²) >= 11 is 7.79. The minimum atomic E-state index is 0.395. The fourth-order valence-electron chi connectivity index (χ4n) is 3.05. The van der Waals surface area contributed by atoms with Crippen LogP contribution < -0.4 is 14.8 Å². The topological polar surface area (TPSA) is 56.3 Å². The number of halogens is 1. The van der Waals surface area contributed by atoms with Gasteiger partial charge in [-0.05, 0) is 37.3 Å². The molecule has 0 atom stereocenters. The molecule has 1 N–H and O–H groups in total. The molecule has 0 saturated heterocycles. The number of hydrogen-bond donors (Lipinski definition) is 1. The van der Waals surface area contributed by atoms with Gasteiger partial charge in [0.15, 0.2) is 0 Å². The molecule has 2 aromatic heterocycles. The standard InChI is InChI=1S/C23H22ClN3O2S/c1-16-26-20(15-30-16)14-25-13-18-11-17-7-8-19(24)12-22(17)27-23(18)29-10-9-28-21-5-3-2-4-6-21/h2-8,11-12,15,25H,9-10,13-14H2,1H3. The van der Waals surface area contributed by atoms with Crippen molar-refractivity contribution in [1.29, 1.82) is 0 Å². The minimum Gasteiger partial charge on any atom is -0.490 e. The van der Waals surface area contributed by atoms with Crippen molar-refractivity contribution >= 4 is 33.8 Å². The van der Waals surface area contributed by atoms with Crippen LogP contribution in [0.5, 0.6) is 11.6 Å². The van der Waals surface area contributed by atoms with Gasteiger partial charge in [-0.3, -0.25) is 0 Å². The third-order valence-corrected chi connectivity index (χ3v) is 5.50. The van der Waals surface area contributed by atoms with E-state index in [1.807, 2.05) is 55.5 Å². The predicted octanol–water partition coefficient (Wildman–Crippen LogP) is 5.40. The monoisotopic (exact) mass is 439 g/mol. The highest BCUT2D eigenvalue weighted by molar-refractivity contribution is 7.09. The van der Waals surface area contributed by atoms with Gasteiger partial charge in [-0.2, -0.15) is 0 Å². The summed E-state index contributed by atoms with van der Waals surface area (Å²) in [7, 11) is 0. The van der Waals surface area contributed by atoms with Gasteiger partial charge in [-0.15, -0.1) is 11.3 Å². The lowest BCUT2D eigenvalue weighted by molar-refractivity contribution is 0.211. The molecule has 4 aromatic rings. The first kappa shape index (κ1) is 20.6. The number of benzene rings is 2. The van der Waals surface area contributed by atoms with Crippen molar-refractivity contribution in [3.8, 4) is 11.6 Å². The van der Waals surface area contributed by atoms with E-state index in [9.17, 15) is 0 Å². The smallest absolute Gasteiger partial charge is 0.218 e. The number of nitrogens with zero attached hydrogens (tertiary/aromatic N) is 2. The van der Waals surface area contributed by atoms with Crippen LogP contribution in [0.25, 0.3) is 10.9 Å². The van der Waals surface area contributed by atoms with Crippen molar-refractivity contribution in [3.05, 3.63) is 81.3 Å². The van der Waals surface area contributed by atoms with Crippen molar-refractivity contribution in [2.45, 2.75) is 20.0 Å². The Morgan fingerprint density at radius 3 is 2.60 bits per heavy atom. The second kappa shape index (κ2) is 9.89. The van der Waals surface area contributed by atoms with Crippen LogP contribution in [-0.4, -0.2) is 23.2 Å². The Kier molecular flexibility index (Phi) is 6.79. The van der Waals surface area contributed by atoms with E-state index in [1.165, 1.54) is 0 Å². The third kappa shape index (κ3) is 5.48. The highest BCUT2D eigenvalue weighted by Gasteiger charge is 2.10. The molecule has 0 amide bonds. The van der Waals surface area contributed by atoms with Crippen molar-refractivity contribution in [1.82, 2.24) is 15.3 Å². The van der Waals surface area contributed by atoms with Crippen molar-refractivity contribution < 1.29 is 9.47 Å². The molecule has 0 radical (unpaired) electrons. The number of pyridine rings is 1. The number of aryl methyl sites for hydroxylation is 1. The van der Waals surface area contributed by atoms with Gasteiger partial charge >= 0.3 is 0 Å². The molecule has 30 heavy (non-hydrogen) atoms. The molecule has 154 valence electrons. The maximum Gasteiger partial charge on any atom is 0.218 e. The van der Waals surface area contributed by atoms with Gasteiger partial charge in [0.05, 0.1) is 16.2 Å². The molecule has 2 aromatic carbocycles. The number of ether oxygens (including phenoxy) is 2. The minimum absolute atomic E-state index is 0.395. The number of fused-ring (bicyclic) bond motifs is 1. The van der Waals surface area contributed by atoms with Gasteiger partial charge in [0.1, 0.15) is 19.0 Å². The van der Waals surface area contributed by atoms with E-state index in [-0.39, 0.29) is 0 Å². The van der Waals surface area contributed by atoms with Crippen LogP contribution in [-0.2, 0) is 13.1 Å². The molecular weight excluding hydrogens is 418 g/mol. The summed E-state index contributed by atoms with van der Waals surface area (Å²) in [6.45, 7) is 4.16. The first-order valence-electron chi connectivity index (χ1n) is 9.69. The lowest BCUT2D eigenvalue weighted by atomic mass is 10.1. The Balaban J connectivity index is 1.44. The Labute approximate surface area is 184 Å². The fourth-order valence-corrected chi connectivity index (χ4v) is 3.83. The lowest BCUT2D eigenvalue weighted by Crippen LogP contribution is -2.16. The average Bonchev–Trinajstić information content (AvgIpc) is 3.17. The van der Waals surface area contributed by atoms with Crippen molar-refractivity contribution in [2.24, 2.45) is 0 Å². The van der Waals surface area contributed by atoms with Crippen LogP contribution in [0.2, 0.25) is 5.02 Å². The van der Waals surface area contributed by atoms with E-state index in [0.29, 0.717) is 37.2 Å². The summed E-state index contributed by atoms with van der Waals surface area (Å²) in [6, 6.07) is 17.5. The zero-order valence-electron chi connectivity index (χ0n) is 16.6. The van der Waals surface area contributed by atoms with Crippen LogP contribution in [0.4, 0.5) is 0 Å². The molecule has 0 aliphatic rings. The van der Waals surface area contributed by atoms with Crippen LogP contribution in [0.15, 0.2) is 60.0 Å². The van der Waals surface area contributed by atoms with E-state index in [2.05, 4.69) is 21.7 Å². The number of hydrogen-bond acceptors (Lipinski definition) is 6. The normalized spacial score (nSPS) is 11.0. The summed E-state index contributed by atoms with van der Waals surface area (Å²) in [6.07, 6.45) is 0. The van der Waals surface area contributed by atoms with E-state index >= 15 is 0 Å². The largest absolute Gasteiger partial charge is 0.490 e. The molecule has 7 heteroatoms. The van der Waals surface area contributed by atoms with E-state index in [1.54, 1.807) is 11.3 Å². The van der Waals surface area contributed by atoms with Gasteiger partial charge < -0.3 is 14.8 Å². The molecule has 0 spiro atoms. The van der Waals surface area contributed by atoms with Gasteiger partial charge in [-0.1, -0.05) is 35.9 Å². The van der Waals surface area contributed by atoms with Crippen LogP contribution in [0.3, 0.4) is 0 Å². The molecule has 0 bridgehead atoms. The molecule has 4 rings (SSSR count). The summed E-state index contributed by atoms with van der Waals surface area (Å²) in [5.74, 6) is 1.41. The van der Waals surface area contributed by atoms with Gasteiger partial charge in [-0.25, -0.2) is 9.97 Å². The molecular formula is C23H22ClN3O2S. The third-order valence-electron chi connectivity index (χ3n) is 4.44. The Bertz CT molecular complexity index is 1120. The summed E-state index contributed by atoms with van der Waals surface area (Å²) < 4.78 is 11.7. The first-order chi connectivity index (χ1) is 14.7. The number of nitrogens with one attached hydrogen (secondary N) is 1. The number of thiazole rings is 1. The van der Waals surface area contributed by atoms with Gasteiger partial charge in [0.2, 0.25) is 5.88 Å². The number of para-hydroxylation sites is 1. The Hall–Kier alpha value is -2.67. The molecule has 5 nitrogen and oxygen atoms in total. The fraction of sp³-hybridized carbons (Fsp3) is 0.217. The van der Waals surface area contributed by atoms with Crippen LogP contribution in [0, 0.1) is 6.92 Å². The zero-order chi connectivity index (χ0) is 20.8. The molecule has 0 saturated carbocycles. The first-order valence-corrected chi connectivity index (χ1v) is 10.9. The number of rotatable bonds is 9.